The van der Waals surface area contributed by atoms with E-state index in [0.29, 0.717) is 36.5 Å². The Balaban J connectivity index is 1.46. The first-order valence-corrected chi connectivity index (χ1v) is 14.2. The van der Waals surface area contributed by atoms with Crippen LogP contribution in [-0.2, 0) is 9.53 Å². The van der Waals surface area contributed by atoms with Gasteiger partial charge in [0, 0.05) is 6.42 Å². The van der Waals surface area contributed by atoms with Gasteiger partial charge in [0.25, 0.3) is 0 Å². The molecular weight excluding hydrogens is 448 g/mol. The van der Waals surface area contributed by atoms with E-state index in [1.165, 1.54) is 31.3 Å². The van der Waals surface area contributed by atoms with Crippen LogP contribution >= 0.6 is 0 Å². The van der Waals surface area contributed by atoms with Gasteiger partial charge in [-0.15, -0.1) is 0 Å². The molecule has 0 aliphatic heterocycles. The van der Waals surface area contributed by atoms with Crippen molar-refractivity contribution in [1.29, 1.82) is 0 Å². The van der Waals surface area contributed by atoms with E-state index in [0.717, 1.165) is 30.4 Å². The third-order valence-electron chi connectivity index (χ3n) is 9.48. The number of esters is 1. The van der Waals surface area contributed by atoms with Crippen molar-refractivity contribution >= 4 is 5.97 Å². The number of carbonyl (C=O) groups excluding carboxylic acids is 1. The first kappa shape index (κ1) is 27.4. The third-order valence-corrected chi connectivity index (χ3v) is 9.48. The van der Waals surface area contributed by atoms with E-state index in [1.807, 2.05) is 20.8 Å². The molecule has 4 fully saturated rings. The lowest BCUT2D eigenvalue weighted by Crippen LogP contribution is -2.35. The normalized spacial score (nSPS) is 37.4. The van der Waals surface area contributed by atoms with Gasteiger partial charge in [-0.25, -0.2) is 0 Å². The predicted molar refractivity (Wildman–Crippen MR) is 145 cm³/mol. The zero-order valence-electron chi connectivity index (χ0n) is 23.1. The van der Waals surface area contributed by atoms with Crippen LogP contribution in [0.25, 0.3) is 0 Å². The van der Waals surface area contributed by atoms with Crippen molar-refractivity contribution in [3.05, 3.63) is 47.6 Å². The number of allylic oxidation sites excluding steroid dienone is 4. The van der Waals surface area contributed by atoms with Crippen molar-refractivity contribution in [3.8, 4) is 0 Å². The molecule has 0 radical (unpaired) electrons. The number of aliphatic hydroxyl groups excluding tert-OH is 2. The number of fused-ring (bicyclic) bond motifs is 1. The number of hydrogen-bond donors (Lipinski definition) is 2. The summed E-state index contributed by atoms with van der Waals surface area (Å²) in [6, 6.07) is 0. The molecule has 4 heteroatoms. The van der Waals surface area contributed by atoms with E-state index < -0.39 is 17.6 Å². The average Bonchev–Trinajstić information content (AvgIpc) is 3.58. The molecule has 0 unspecified atom stereocenters. The molecule has 7 atom stereocenters. The molecule has 0 bridgehead atoms. The van der Waals surface area contributed by atoms with Crippen LogP contribution in [0.5, 0.6) is 0 Å². The van der Waals surface area contributed by atoms with Crippen molar-refractivity contribution in [3.63, 3.8) is 0 Å². The topological polar surface area (TPSA) is 66.8 Å². The number of aliphatic hydroxyl groups is 2. The van der Waals surface area contributed by atoms with E-state index in [9.17, 15) is 15.0 Å². The first-order valence-electron chi connectivity index (χ1n) is 14.2. The lowest BCUT2D eigenvalue weighted by molar-refractivity contribution is -0.157. The fraction of sp³-hybridized carbons (Fsp3) is 0.719. The van der Waals surface area contributed by atoms with Gasteiger partial charge < -0.3 is 14.9 Å². The summed E-state index contributed by atoms with van der Waals surface area (Å²) in [4.78, 5) is 12.5. The minimum atomic E-state index is -0.638. The molecule has 4 aliphatic rings. The van der Waals surface area contributed by atoms with Gasteiger partial charge in [0.15, 0.2) is 0 Å². The van der Waals surface area contributed by atoms with Gasteiger partial charge in [-0.3, -0.25) is 4.79 Å². The smallest absolute Gasteiger partial charge is 0.311 e. The van der Waals surface area contributed by atoms with Gasteiger partial charge >= 0.3 is 5.97 Å². The summed E-state index contributed by atoms with van der Waals surface area (Å²) in [5.41, 5.74) is 3.07. The Labute approximate surface area is 218 Å². The molecular formula is C32H48O4. The second-order valence-electron chi connectivity index (χ2n) is 13.4. The maximum absolute atomic E-state index is 12.5. The van der Waals surface area contributed by atoms with Gasteiger partial charge in [0.1, 0.15) is 6.10 Å². The molecule has 0 aromatic rings. The Morgan fingerprint density at radius 1 is 1.14 bits per heavy atom. The molecule has 4 saturated carbocycles. The minimum absolute atomic E-state index is 0.0908. The van der Waals surface area contributed by atoms with E-state index in [2.05, 4.69) is 44.7 Å². The van der Waals surface area contributed by atoms with Crippen LogP contribution in [0, 0.1) is 34.5 Å². The van der Waals surface area contributed by atoms with Crippen molar-refractivity contribution in [1.82, 2.24) is 0 Å². The highest BCUT2D eigenvalue weighted by Crippen LogP contribution is 2.59. The average molecular weight is 497 g/mol. The molecule has 0 heterocycles. The third kappa shape index (κ3) is 5.91. The predicted octanol–water partition coefficient (Wildman–Crippen LogP) is 6.69. The molecule has 0 aromatic heterocycles. The van der Waals surface area contributed by atoms with Crippen molar-refractivity contribution in [2.45, 2.75) is 111 Å². The highest BCUT2D eigenvalue weighted by molar-refractivity contribution is 5.75. The van der Waals surface area contributed by atoms with E-state index in [4.69, 9.17) is 4.74 Å². The second kappa shape index (κ2) is 10.6. The number of ether oxygens (including phenoxy) is 1. The molecule has 2 N–H and O–H groups in total. The van der Waals surface area contributed by atoms with Crippen LogP contribution in [0.15, 0.2) is 47.6 Å². The van der Waals surface area contributed by atoms with E-state index in [-0.39, 0.29) is 17.5 Å². The standard InChI is InChI=1S/C32H48O4/c1-20(9-16-29(23-11-12-23)36-30(35)31(3,4)5)26-14-15-27-22(8-7-17-32(26,27)6)10-13-24-18-25(33)19-28(34)21(24)2/h9-10,13,16,20,23,25-29,33-34H,2,7-8,11-12,14-15,17-19H2,1,3-6H3/b16-9+,22-10+,24-13-/t20-,25-,26-,27+,28+,29-,32-/m1/s1. The van der Waals surface area contributed by atoms with Crippen LogP contribution in [0.4, 0.5) is 0 Å². The summed E-state index contributed by atoms with van der Waals surface area (Å²) in [6.45, 7) is 14.7. The molecule has 0 spiro atoms. The molecule has 0 amide bonds. The monoisotopic (exact) mass is 496 g/mol. The lowest BCUT2D eigenvalue weighted by atomic mass is 9.61. The maximum Gasteiger partial charge on any atom is 0.311 e. The van der Waals surface area contributed by atoms with Gasteiger partial charge in [-0.05, 0) is 118 Å². The van der Waals surface area contributed by atoms with Crippen molar-refractivity contribution in [2.75, 3.05) is 0 Å². The molecule has 4 rings (SSSR count). The van der Waals surface area contributed by atoms with Gasteiger partial charge in [0.2, 0.25) is 0 Å². The molecule has 36 heavy (non-hydrogen) atoms. The van der Waals surface area contributed by atoms with Crippen LogP contribution in [0.1, 0.15) is 92.4 Å². The van der Waals surface area contributed by atoms with E-state index >= 15 is 0 Å². The highest BCUT2D eigenvalue weighted by atomic mass is 16.5. The fourth-order valence-corrected chi connectivity index (χ4v) is 7.04. The van der Waals surface area contributed by atoms with Gasteiger partial charge in [0.05, 0.1) is 17.6 Å². The Morgan fingerprint density at radius 2 is 1.86 bits per heavy atom. The summed E-state index contributed by atoms with van der Waals surface area (Å²) < 4.78 is 5.93. The zero-order chi connectivity index (χ0) is 26.3. The highest BCUT2D eigenvalue weighted by Gasteiger charge is 2.50. The second-order valence-corrected chi connectivity index (χ2v) is 13.4. The Kier molecular flexibility index (Phi) is 8.07. The molecule has 4 aliphatic carbocycles. The molecule has 0 saturated heterocycles. The van der Waals surface area contributed by atoms with Crippen LogP contribution < -0.4 is 0 Å². The van der Waals surface area contributed by atoms with Crippen LogP contribution in [-0.4, -0.2) is 34.5 Å². The summed E-state index contributed by atoms with van der Waals surface area (Å²) in [5, 5.41) is 20.3. The Bertz CT molecular complexity index is 930. The molecule has 4 nitrogen and oxygen atoms in total. The minimum Gasteiger partial charge on any atom is -0.457 e. The summed E-state index contributed by atoms with van der Waals surface area (Å²) in [7, 11) is 0. The fourth-order valence-electron chi connectivity index (χ4n) is 7.04. The van der Waals surface area contributed by atoms with Crippen LogP contribution in [0.2, 0.25) is 0 Å². The Morgan fingerprint density at radius 3 is 2.53 bits per heavy atom. The van der Waals surface area contributed by atoms with Crippen molar-refractivity contribution in [2.24, 2.45) is 34.5 Å². The first-order chi connectivity index (χ1) is 16.9. The Hall–Kier alpha value is -1.65. The number of carbonyl (C=O) groups is 1. The van der Waals surface area contributed by atoms with Crippen molar-refractivity contribution < 1.29 is 19.7 Å². The van der Waals surface area contributed by atoms with Gasteiger partial charge in [-0.1, -0.05) is 44.2 Å². The maximum atomic E-state index is 12.5. The molecule has 0 aromatic carbocycles. The lowest BCUT2D eigenvalue weighted by Gasteiger charge is -2.44. The summed E-state index contributed by atoms with van der Waals surface area (Å²) in [6.07, 6.45) is 17.0. The summed E-state index contributed by atoms with van der Waals surface area (Å²) in [5.74, 6) is 2.00. The number of hydrogen-bond acceptors (Lipinski definition) is 4. The van der Waals surface area contributed by atoms with E-state index in [1.54, 1.807) is 0 Å². The summed E-state index contributed by atoms with van der Waals surface area (Å²) >= 11 is 0. The SMILES string of the molecule is C=C1/C(=C\C=C2/CCC[C@]3(C)[C@@H]([C@H](C)/C=C/[C@@H](OC(=O)C(C)(C)C)C4CC4)CC[C@@H]23)C[C@@H](O)C[C@@H]1O. The quantitative estimate of drug-likeness (QED) is 0.318. The zero-order valence-corrected chi connectivity index (χ0v) is 23.1. The number of rotatable bonds is 6. The van der Waals surface area contributed by atoms with Gasteiger partial charge in [-0.2, -0.15) is 0 Å². The largest absolute Gasteiger partial charge is 0.457 e. The molecule has 200 valence electrons. The van der Waals surface area contributed by atoms with Crippen LogP contribution in [0.3, 0.4) is 0 Å².